The van der Waals surface area contributed by atoms with Crippen molar-refractivity contribution in [2.75, 3.05) is 31.4 Å². The Morgan fingerprint density at radius 1 is 1.32 bits per heavy atom. The van der Waals surface area contributed by atoms with Gasteiger partial charge in [-0.25, -0.2) is 0 Å². The Morgan fingerprint density at radius 3 is 2.55 bits per heavy atom. The molecule has 0 saturated carbocycles. The molecule has 0 radical (unpaired) electrons. The van der Waals surface area contributed by atoms with Crippen LogP contribution in [0.3, 0.4) is 0 Å². The van der Waals surface area contributed by atoms with Crippen LogP contribution in [0.1, 0.15) is 18.9 Å². The minimum Gasteiger partial charge on any atom is -0.493 e. The van der Waals surface area contributed by atoms with Gasteiger partial charge in [0.25, 0.3) is 0 Å². The topological polar surface area (TPSA) is 55.8 Å². The first-order chi connectivity index (χ1) is 10.5. The molecule has 2 rings (SSSR count). The van der Waals surface area contributed by atoms with Gasteiger partial charge in [0, 0.05) is 31.7 Å². The Hall–Kier alpha value is -1.69. The first-order valence-corrected chi connectivity index (χ1v) is 8.11. The average molecular weight is 323 g/mol. The molecule has 0 spiro atoms. The summed E-state index contributed by atoms with van der Waals surface area (Å²) in [5.74, 6) is 2.24. The van der Waals surface area contributed by atoms with E-state index in [0.717, 1.165) is 11.3 Å². The van der Waals surface area contributed by atoms with Crippen LogP contribution in [0, 0.1) is 12.8 Å². The third kappa shape index (κ3) is 3.55. The van der Waals surface area contributed by atoms with E-state index in [2.05, 4.69) is 0 Å². The third-order valence-corrected chi connectivity index (χ3v) is 4.76. The largest absolute Gasteiger partial charge is 0.493 e. The van der Waals surface area contributed by atoms with Crippen LogP contribution in [-0.4, -0.2) is 37.5 Å². The maximum atomic E-state index is 12.3. The Kier molecular flexibility index (Phi) is 5.34. The van der Waals surface area contributed by atoms with Crippen molar-refractivity contribution in [3.8, 4) is 11.5 Å². The molecule has 5 nitrogen and oxygen atoms in total. The van der Waals surface area contributed by atoms with Crippen LogP contribution in [-0.2, 0) is 9.59 Å². The van der Waals surface area contributed by atoms with Crippen LogP contribution in [0.2, 0.25) is 0 Å². The predicted octanol–water partition coefficient (Wildman–Crippen LogP) is 2.64. The van der Waals surface area contributed by atoms with Gasteiger partial charge in [-0.15, -0.1) is 0 Å². The highest BCUT2D eigenvalue weighted by Gasteiger charge is 2.32. The molecule has 22 heavy (non-hydrogen) atoms. The van der Waals surface area contributed by atoms with Gasteiger partial charge in [-0.2, -0.15) is 0 Å². The van der Waals surface area contributed by atoms with Crippen LogP contribution < -0.4 is 14.4 Å². The molecule has 120 valence electrons. The number of hydrogen-bond acceptors (Lipinski definition) is 5. The number of anilines is 1. The van der Waals surface area contributed by atoms with E-state index >= 15 is 0 Å². The van der Waals surface area contributed by atoms with Gasteiger partial charge in [0.15, 0.2) is 16.6 Å². The molecule has 0 N–H and O–H groups in total. The van der Waals surface area contributed by atoms with Gasteiger partial charge in [-0.1, -0.05) is 11.8 Å². The number of ether oxygens (including phenoxy) is 2. The quantitative estimate of drug-likeness (QED) is 0.834. The van der Waals surface area contributed by atoms with E-state index in [1.807, 2.05) is 19.1 Å². The van der Waals surface area contributed by atoms with Crippen LogP contribution in [0.15, 0.2) is 12.1 Å². The van der Waals surface area contributed by atoms with Crippen LogP contribution in [0.25, 0.3) is 0 Å². The van der Waals surface area contributed by atoms with Gasteiger partial charge in [-0.05, 0) is 24.5 Å². The first-order valence-electron chi connectivity index (χ1n) is 7.12. The number of nitrogens with zero attached hydrogens (tertiary/aromatic N) is 1. The monoisotopic (exact) mass is 323 g/mol. The summed E-state index contributed by atoms with van der Waals surface area (Å²) in [5, 5.41) is 0.0909. The van der Waals surface area contributed by atoms with Crippen molar-refractivity contribution in [1.82, 2.24) is 0 Å². The molecule has 6 heteroatoms. The molecular weight excluding hydrogens is 302 g/mol. The van der Waals surface area contributed by atoms with Gasteiger partial charge in [0.2, 0.25) is 5.91 Å². The third-order valence-electron chi connectivity index (χ3n) is 3.72. The summed E-state index contributed by atoms with van der Waals surface area (Å²) in [6.45, 7) is 4.13. The van der Waals surface area contributed by atoms with E-state index in [-0.39, 0.29) is 16.9 Å². The van der Waals surface area contributed by atoms with E-state index < -0.39 is 0 Å². The van der Waals surface area contributed by atoms with Crippen molar-refractivity contribution >= 4 is 28.5 Å². The van der Waals surface area contributed by atoms with E-state index in [1.54, 1.807) is 26.0 Å². The molecule has 1 atom stereocenters. The summed E-state index contributed by atoms with van der Waals surface area (Å²) >= 11 is 1.28. The minimum atomic E-state index is 0.0875. The lowest BCUT2D eigenvalue weighted by Gasteiger charge is -2.21. The summed E-state index contributed by atoms with van der Waals surface area (Å²) in [7, 11) is 3.17. The molecule has 0 aromatic heterocycles. The number of amides is 1. The molecule has 1 aliphatic rings. The smallest absolute Gasteiger partial charge is 0.227 e. The number of benzene rings is 1. The number of thioether (sulfide) groups is 1. The minimum absolute atomic E-state index is 0.0875. The molecule has 0 bridgehead atoms. The normalized spacial score (nSPS) is 17.7. The van der Waals surface area contributed by atoms with Gasteiger partial charge in [0.05, 0.1) is 19.9 Å². The summed E-state index contributed by atoms with van der Waals surface area (Å²) in [6, 6.07) is 3.71. The molecule has 1 aliphatic heterocycles. The van der Waals surface area contributed by atoms with E-state index in [0.29, 0.717) is 30.2 Å². The fraction of sp³-hybridized carbons (Fsp3) is 0.500. The molecule has 1 aromatic carbocycles. The molecular formula is C16H21NO4S. The zero-order valence-corrected chi connectivity index (χ0v) is 14.2. The molecule has 1 heterocycles. The molecule has 1 fully saturated rings. The summed E-state index contributed by atoms with van der Waals surface area (Å²) in [4.78, 5) is 25.2. The highest BCUT2D eigenvalue weighted by Crippen LogP contribution is 2.37. The zero-order valence-electron chi connectivity index (χ0n) is 13.3. The predicted molar refractivity (Wildman–Crippen MR) is 87.9 cm³/mol. The Morgan fingerprint density at radius 2 is 1.95 bits per heavy atom. The zero-order chi connectivity index (χ0) is 16.3. The van der Waals surface area contributed by atoms with Crippen LogP contribution in [0.4, 0.5) is 5.69 Å². The van der Waals surface area contributed by atoms with E-state index in [1.165, 1.54) is 11.8 Å². The summed E-state index contributed by atoms with van der Waals surface area (Å²) in [5.41, 5.74) is 1.81. The fourth-order valence-corrected chi connectivity index (χ4v) is 3.32. The molecule has 1 unspecified atom stereocenters. The maximum Gasteiger partial charge on any atom is 0.227 e. The van der Waals surface area contributed by atoms with Crippen molar-refractivity contribution in [3.63, 3.8) is 0 Å². The van der Waals surface area contributed by atoms with Gasteiger partial charge in [0.1, 0.15) is 0 Å². The van der Waals surface area contributed by atoms with Crippen molar-refractivity contribution < 1.29 is 19.1 Å². The van der Waals surface area contributed by atoms with E-state index in [9.17, 15) is 9.59 Å². The average Bonchev–Trinajstić information content (AvgIpc) is 2.85. The van der Waals surface area contributed by atoms with Crippen LogP contribution in [0.5, 0.6) is 11.5 Å². The highest BCUT2D eigenvalue weighted by molar-refractivity contribution is 8.13. The van der Waals surface area contributed by atoms with Crippen molar-refractivity contribution in [2.45, 2.75) is 20.3 Å². The van der Waals surface area contributed by atoms with Crippen molar-refractivity contribution in [1.29, 1.82) is 0 Å². The standard InChI is InChI=1S/C16H21NO4S/c1-10-5-14(20-3)15(21-4)7-13(10)17-8-12(6-16(17)19)9-22-11(2)18/h5,7,12H,6,8-9H2,1-4H3. The SMILES string of the molecule is COc1cc(C)c(N2CC(CSC(C)=O)CC2=O)cc1OC. The fourth-order valence-electron chi connectivity index (χ4n) is 2.62. The number of carbonyl (C=O) groups excluding carboxylic acids is 2. The maximum absolute atomic E-state index is 12.3. The summed E-state index contributed by atoms with van der Waals surface area (Å²) in [6.07, 6.45) is 0.480. The number of carbonyl (C=O) groups is 2. The second kappa shape index (κ2) is 7.05. The van der Waals surface area contributed by atoms with Crippen molar-refractivity contribution in [3.05, 3.63) is 17.7 Å². The second-order valence-corrected chi connectivity index (χ2v) is 6.57. The Balaban J connectivity index is 2.21. The second-order valence-electron chi connectivity index (χ2n) is 5.37. The molecule has 1 saturated heterocycles. The van der Waals surface area contributed by atoms with Crippen LogP contribution >= 0.6 is 11.8 Å². The molecule has 1 aromatic rings. The number of aryl methyl sites for hydroxylation is 1. The van der Waals surface area contributed by atoms with Gasteiger partial charge >= 0.3 is 0 Å². The lowest BCUT2D eigenvalue weighted by Crippen LogP contribution is -2.25. The van der Waals surface area contributed by atoms with Gasteiger partial charge < -0.3 is 14.4 Å². The van der Waals surface area contributed by atoms with Gasteiger partial charge in [-0.3, -0.25) is 9.59 Å². The number of methoxy groups -OCH3 is 2. The Bertz CT molecular complexity index is 588. The molecule has 1 amide bonds. The lowest BCUT2D eigenvalue weighted by atomic mass is 10.1. The first kappa shape index (κ1) is 16.7. The molecule has 0 aliphatic carbocycles. The number of rotatable bonds is 5. The lowest BCUT2D eigenvalue weighted by molar-refractivity contribution is -0.117. The highest BCUT2D eigenvalue weighted by atomic mass is 32.2. The summed E-state index contributed by atoms with van der Waals surface area (Å²) < 4.78 is 10.6. The Labute approximate surface area is 135 Å². The van der Waals surface area contributed by atoms with E-state index in [4.69, 9.17) is 9.47 Å². The van der Waals surface area contributed by atoms with Crippen molar-refractivity contribution in [2.24, 2.45) is 5.92 Å². The number of hydrogen-bond donors (Lipinski definition) is 0.